The number of hydrogen-bond donors (Lipinski definition) is 1. The molecule has 0 bridgehead atoms. The minimum Gasteiger partial charge on any atom is -0.211 e. The maximum Gasteiger partial charge on any atom is 0.416 e. The Morgan fingerprint density at radius 3 is 2.47 bits per heavy atom. The topological polar surface area (TPSA) is 46.2 Å². The van der Waals surface area contributed by atoms with E-state index in [1.165, 1.54) is 6.07 Å². The summed E-state index contributed by atoms with van der Waals surface area (Å²) in [6.45, 7) is 1.37. The first-order valence-corrected chi connectivity index (χ1v) is 8.43. The summed E-state index contributed by atoms with van der Waals surface area (Å²) in [6.07, 6.45) is -3.93. The quantitative estimate of drug-likeness (QED) is 0.463. The van der Waals surface area contributed by atoms with Gasteiger partial charge in [-0.05, 0) is 31.0 Å². The predicted molar refractivity (Wildman–Crippen MR) is 74.9 cm³/mol. The summed E-state index contributed by atoms with van der Waals surface area (Å²) in [5.74, 6) is 0. The molecule has 0 aliphatic heterocycles. The Hall–Kier alpha value is -0.350. The van der Waals surface area contributed by atoms with Gasteiger partial charge in [0.15, 0.2) is 0 Å². The van der Waals surface area contributed by atoms with Crippen molar-refractivity contribution in [1.29, 1.82) is 0 Å². The molecule has 0 unspecified atom stereocenters. The minimum absolute atomic E-state index is 0.209. The Morgan fingerprint density at radius 1 is 1.32 bits per heavy atom. The van der Waals surface area contributed by atoms with Crippen LogP contribution in [0.5, 0.6) is 0 Å². The Bertz CT molecular complexity index is 543. The van der Waals surface area contributed by atoms with Crippen molar-refractivity contribution in [1.82, 2.24) is 4.72 Å². The average molecular weight is 407 g/mol. The Kier molecular flexibility index (Phi) is 5.63. The van der Waals surface area contributed by atoms with Crippen LogP contribution >= 0.6 is 22.6 Å². The van der Waals surface area contributed by atoms with Crippen LogP contribution in [0.4, 0.5) is 13.2 Å². The van der Waals surface area contributed by atoms with Crippen LogP contribution in [0.25, 0.3) is 0 Å². The molecule has 0 saturated heterocycles. The van der Waals surface area contributed by atoms with Crippen molar-refractivity contribution in [3.8, 4) is 0 Å². The molecule has 0 aromatic heterocycles. The van der Waals surface area contributed by atoms with E-state index in [4.69, 9.17) is 0 Å². The average Bonchev–Trinajstić information content (AvgIpc) is 2.27. The van der Waals surface area contributed by atoms with Gasteiger partial charge >= 0.3 is 6.18 Å². The molecule has 1 aromatic rings. The van der Waals surface area contributed by atoms with Crippen molar-refractivity contribution in [2.24, 2.45) is 0 Å². The van der Waals surface area contributed by atoms with Crippen LogP contribution in [-0.2, 0) is 16.2 Å². The molecule has 1 aromatic carbocycles. The molecular formula is C11H13F3INO2S. The van der Waals surface area contributed by atoms with Crippen LogP contribution in [0.1, 0.15) is 17.5 Å². The maximum absolute atomic E-state index is 12.7. The van der Waals surface area contributed by atoms with Crippen LogP contribution in [0.15, 0.2) is 23.1 Å². The van der Waals surface area contributed by atoms with E-state index in [1.807, 2.05) is 0 Å². The Balaban J connectivity index is 3.15. The standard InChI is InChI=1S/C11H13F3INO2S/c1-8-9(11(12,13)14)4-2-5-10(8)19(17,18)16-7-3-6-15/h2,4-5,16H,3,6-7H2,1H3. The fourth-order valence-corrected chi connectivity index (χ4v) is 3.28. The number of hydrogen-bond acceptors (Lipinski definition) is 2. The van der Waals surface area contributed by atoms with Crippen molar-refractivity contribution >= 4 is 32.6 Å². The van der Waals surface area contributed by atoms with Crippen LogP contribution in [0, 0.1) is 6.92 Å². The van der Waals surface area contributed by atoms with Gasteiger partial charge in [0, 0.05) is 11.0 Å². The van der Waals surface area contributed by atoms with Crippen molar-refractivity contribution < 1.29 is 21.6 Å². The first-order chi connectivity index (χ1) is 8.70. The van der Waals surface area contributed by atoms with Gasteiger partial charge in [-0.3, -0.25) is 0 Å². The highest BCUT2D eigenvalue weighted by molar-refractivity contribution is 14.1. The van der Waals surface area contributed by atoms with E-state index in [1.54, 1.807) is 0 Å². The highest BCUT2D eigenvalue weighted by Gasteiger charge is 2.34. The van der Waals surface area contributed by atoms with Crippen molar-refractivity contribution in [2.75, 3.05) is 11.0 Å². The molecule has 0 aliphatic rings. The summed E-state index contributed by atoms with van der Waals surface area (Å²) in [6, 6.07) is 3.15. The summed E-state index contributed by atoms with van der Waals surface area (Å²) in [5.41, 5.74) is -1.21. The Labute approximate surface area is 123 Å². The Morgan fingerprint density at radius 2 is 1.95 bits per heavy atom. The van der Waals surface area contributed by atoms with E-state index < -0.39 is 21.8 Å². The largest absolute Gasteiger partial charge is 0.416 e. The van der Waals surface area contributed by atoms with E-state index in [2.05, 4.69) is 27.3 Å². The fourth-order valence-electron chi connectivity index (χ4n) is 1.56. The zero-order valence-corrected chi connectivity index (χ0v) is 13.1. The lowest BCUT2D eigenvalue weighted by Gasteiger charge is -2.14. The van der Waals surface area contributed by atoms with Gasteiger partial charge in [-0.2, -0.15) is 13.2 Å². The summed E-state index contributed by atoms with van der Waals surface area (Å²) in [5, 5.41) is 0. The van der Waals surface area contributed by atoms with E-state index in [-0.39, 0.29) is 17.0 Å². The summed E-state index contributed by atoms with van der Waals surface area (Å²) in [4.78, 5) is -0.323. The van der Waals surface area contributed by atoms with E-state index >= 15 is 0 Å². The molecular weight excluding hydrogens is 394 g/mol. The molecule has 8 heteroatoms. The lowest BCUT2D eigenvalue weighted by Crippen LogP contribution is -2.26. The van der Waals surface area contributed by atoms with Gasteiger partial charge in [0.25, 0.3) is 0 Å². The SMILES string of the molecule is Cc1c(C(F)(F)F)cccc1S(=O)(=O)NCCCI. The normalized spacial score (nSPS) is 12.7. The number of nitrogens with one attached hydrogen (secondary N) is 1. The second-order valence-electron chi connectivity index (χ2n) is 3.87. The fraction of sp³-hybridized carbons (Fsp3) is 0.455. The third-order valence-corrected chi connectivity index (χ3v) is 4.85. The molecule has 19 heavy (non-hydrogen) atoms. The molecule has 0 saturated carbocycles. The molecule has 3 nitrogen and oxygen atoms in total. The predicted octanol–water partition coefficient (Wildman–Crippen LogP) is 3.12. The highest BCUT2D eigenvalue weighted by atomic mass is 127. The molecule has 0 atom stereocenters. The van der Waals surface area contributed by atoms with Gasteiger partial charge < -0.3 is 0 Å². The lowest BCUT2D eigenvalue weighted by molar-refractivity contribution is -0.138. The second-order valence-corrected chi connectivity index (χ2v) is 6.68. The molecule has 0 aliphatic carbocycles. The van der Waals surface area contributed by atoms with Gasteiger partial charge in [-0.15, -0.1) is 0 Å². The number of alkyl halides is 4. The van der Waals surface area contributed by atoms with Gasteiger partial charge in [0.05, 0.1) is 10.5 Å². The van der Waals surface area contributed by atoms with E-state index in [0.29, 0.717) is 6.42 Å². The minimum atomic E-state index is -4.56. The molecule has 0 amide bonds. The van der Waals surface area contributed by atoms with Crippen LogP contribution in [0.2, 0.25) is 0 Å². The second kappa shape index (κ2) is 6.40. The summed E-state index contributed by atoms with van der Waals surface area (Å²) >= 11 is 2.09. The van der Waals surface area contributed by atoms with Crippen molar-refractivity contribution in [3.05, 3.63) is 29.3 Å². The van der Waals surface area contributed by atoms with E-state index in [0.717, 1.165) is 23.5 Å². The lowest BCUT2D eigenvalue weighted by atomic mass is 10.1. The molecule has 0 fully saturated rings. The molecule has 1 rings (SSSR count). The van der Waals surface area contributed by atoms with Crippen LogP contribution < -0.4 is 4.72 Å². The number of benzene rings is 1. The van der Waals surface area contributed by atoms with Crippen molar-refractivity contribution in [2.45, 2.75) is 24.4 Å². The number of sulfonamides is 1. The van der Waals surface area contributed by atoms with Crippen LogP contribution in [0.3, 0.4) is 0 Å². The molecule has 0 spiro atoms. The summed E-state index contributed by atoms with van der Waals surface area (Å²) in [7, 11) is -3.90. The smallest absolute Gasteiger partial charge is 0.211 e. The zero-order chi connectivity index (χ0) is 14.7. The van der Waals surface area contributed by atoms with E-state index in [9.17, 15) is 21.6 Å². The third kappa shape index (κ3) is 4.32. The van der Waals surface area contributed by atoms with Gasteiger partial charge in [-0.25, -0.2) is 13.1 Å². The molecule has 0 heterocycles. The maximum atomic E-state index is 12.7. The third-order valence-electron chi connectivity index (χ3n) is 2.48. The van der Waals surface area contributed by atoms with Crippen LogP contribution in [-0.4, -0.2) is 19.4 Å². The van der Waals surface area contributed by atoms with Gasteiger partial charge in [-0.1, -0.05) is 28.7 Å². The first kappa shape index (κ1) is 16.7. The molecule has 0 radical (unpaired) electrons. The molecule has 108 valence electrons. The summed E-state index contributed by atoms with van der Waals surface area (Å²) < 4.78 is 65.0. The monoisotopic (exact) mass is 407 g/mol. The zero-order valence-electron chi connectivity index (χ0n) is 10.1. The van der Waals surface area contributed by atoms with Gasteiger partial charge in [0.2, 0.25) is 10.0 Å². The molecule has 1 N–H and O–H groups in total. The highest BCUT2D eigenvalue weighted by Crippen LogP contribution is 2.34. The van der Waals surface area contributed by atoms with Crippen molar-refractivity contribution in [3.63, 3.8) is 0 Å². The number of rotatable bonds is 5. The first-order valence-electron chi connectivity index (χ1n) is 5.42. The van der Waals surface area contributed by atoms with Gasteiger partial charge in [0.1, 0.15) is 0 Å². The number of halogens is 4.